The minimum absolute atomic E-state index is 0.105. The molecule has 0 atom stereocenters. The van der Waals surface area contributed by atoms with Gasteiger partial charge in [-0.25, -0.2) is 8.78 Å². The third-order valence-electron chi connectivity index (χ3n) is 2.43. The summed E-state index contributed by atoms with van der Waals surface area (Å²) in [5.74, 6) is -1.36. The molecule has 0 aliphatic heterocycles. The van der Waals surface area contributed by atoms with E-state index in [0.717, 1.165) is 22.3 Å². The maximum atomic E-state index is 13.6. The van der Waals surface area contributed by atoms with E-state index < -0.39 is 11.6 Å². The van der Waals surface area contributed by atoms with Gasteiger partial charge in [0.05, 0.1) is 0 Å². The summed E-state index contributed by atoms with van der Waals surface area (Å²) in [5, 5.41) is 0. The monoisotopic (exact) mass is 342 g/mol. The lowest BCUT2D eigenvalue weighted by Gasteiger charge is -2.08. The van der Waals surface area contributed by atoms with Crippen LogP contribution in [0.1, 0.15) is 17.3 Å². The van der Waals surface area contributed by atoms with Crippen molar-refractivity contribution in [3.05, 3.63) is 58.1 Å². The molecule has 0 N–H and O–H groups in total. The van der Waals surface area contributed by atoms with Gasteiger partial charge in [0.25, 0.3) is 0 Å². The molecule has 0 aliphatic rings. The van der Waals surface area contributed by atoms with Crippen molar-refractivity contribution in [2.45, 2.75) is 16.7 Å². The number of hydrogen-bond donors (Lipinski definition) is 0. The summed E-state index contributed by atoms with van der Waals surface area (Å²) < 4.78 is 27.2. The van der Waals surface area contributed by atoms with Gasteiger partial charge in [-0.2, -0.15) is 0 Å². The summed E-state index contributed by atoms with van der Waals surface area (Å²) in [5.41, 5.74) is 0.503. The first-order valence-electron chi connectivity index (χ1n) is 5.41. The van der Waals surface area contributed by atoms with Crippen molar-refractivity contribution in [2.24, 2.45) is 0 Å². The Hall–Kier alpha value is -1.20. The summed E-state index contributed by atoms with van der Waals surface area (Å²) in [6.45, 7) is 1.45. The Morgan fingerprint density at radius 1 is 1.11 bits per heavy atom. The summed E-state index contributed by atoms with van der Waals surface area (Å²) in [7, 11) is 0. The van der Waals surface area contributed by atoms with Gasteiger partial charge in [0.1, 0.15) is 11.6 Å². The zero-order valence-electron chi connectivity index (χ0n) is 9.91. The molecule has 0 saturated carbocycles. The first kappa shape index (κ1) is 14.2. The predicted molar refractivity (Wildman–Crippen MR) is 74.6 cm³/mol. The zero-order valence-corrected chi connectivity index (χ0v) is 12.3. The lowest BCUT2D eigenvalue weighted by Crippen LogP contribution is -1.95. The van der Waals surface area contributed by atoms with E-state index in [4.69, 9.17) is 0 Å². The Morgan fingerprint density at radius 2 is 1.79 bits per heavy atom. The lowest BCUT2D eigenvalue weighted by atomic mass is 10.1. The molecule has 0 spiro atoms. The van der Waals surface area contributed by atoms with Crippen LogP contribution in [0, 0.1) is 11.6 Å². The number of benzene rings is 2. The van der Waals surface area contributed by atoms with Crippen molar-refractivity contribution in [3.8, 4) is 0 Å². The SMILES string of the molecule is CC(=O)c1cc(Br)ccc1Sc1ccc(F)cc1F. The number of halogens is 3. The maximum absolute atomic E-state index is 13.6. The summed E-state index contributed by atoms with van der Waals surface area (Å²) in [6.07, 6.45) is 0. The molecule has 0 unspecified atom stereocenters. The molecule has 0 heterocycles. The van der Waals surface area contributed by atoms with Crippen molar-refractivity contribution < 1.29 is 13.6 Å². The van der Waals surface area contributed by atoms with Gasteiger partial charge in [0, 0.05) is 25.9 Å². The molecule has 0 aromatic heterocycles. The second-order valence-electron chi connectivity index (χ2n) is 3.87. The third-order valence-corrected chi connectivity index (χ3v) is 4.05. The number of Topliss-reactive ketones (excluding diaryl/α,β-unsaturated/α-hetero) is 1. The Bertz CT molecular complexity index is 643. The van der Waals surface area contributed by atoms with Gasteiger partial charge < -0.3 is 0 Å². The van der Waals surface area contributed by atoms with Crippen molar-refractivity contribution in [1.29, 1.82) is 0 Å². The average Bonchev–Trinajstić information content (AvgIpc) is 2.34. The van der Waals surface area contributed by atoms with Crippen LogP contribution < -0.4 is 0 Å². The average molecular weight is 343 g/mol. The molecule has 1 nitrogen and oxygen atoms in total. The summed E-state index contributed by atoms with van der Waals surface area (Å²) in [4.78, 5) is 12.5. The fraction of sp³-hybridized carbons (Fsp3) is 0.0714. The minimum atomic E-state index is -0.637. The van der Waals surface area contributed by atoms with Gasteiger partial charge in [0.2, 0.25) is 0 Å². The van der Waals surface area contributed by atoms with Gasteiger partial charge in [-0.1, -0.05) is 27.7 Å². The summed E-state index contributed by atoms with van der Waals surface area (Å²) in [6, 6.07) is 8.57. The molecule has 2 aromatic carbocycles. The Kier molecular flexibility index (Phi) is 4.37. The molecule has 0 fully saturated rings. The Balaban J connectivity index is 2.40. The third kappa shape index (κ3) is 3.42. The van der Waals surface area contributed by atoms with Crippen LogP contribution in [-0.2, 0) is 0 Å². The van der Waals surface area contributed by atoms with E-state index in [0.29, 0.717) is 10.5 Å². The van der Waals surface area contributed by atoms with E-state index in [9.17, 15) is 13.6 Å². The first-order valence-corrected chi connectivity index (χ1v) is 7.01. The van der Waals surface area contributed by atoms with Gasteiger partial charge in [0.15, 0.2) is 5.78 Å². The van der Waals surface area contributed by atoms with Crippen LogP contribution in [0.3, 0.4) is 0 Å². The van der Waals surface area contributed by atoms with Crippen LogP contribution in [0.2, 0.25) is 0 Å². The van der Waals surface area contributed by atoms with E-state index in [-0.39, 0.29) is 10.7 Å². The maximum Gasteiger partial charge on any atom is 0.160 e. The quantitative estimate of drug-likeness (QED) is 0.723. The van der Waals surface area contributed by atoms with E-state index in [2.05, 4.69) is 15.9 Å². The number of rotatable bonds is 3. The van der Waals surface area contributed by atoms with Gasteiger partial charge >= 0.3 is 0 Å². The smallest absolute Gasteiger partial charge is 0.160 e. The molecule has 98 valence electrons. The van der Waals surface area contributed by atoms with Crippen molar-refractivity contribution in [2.75, 3.05) is 0 Å². The molecule has 2 rings (SSSR count). The van der Waals surface area contributed by atoms with Crippen LogP contribution in [0.15, 0.2) is 50.7 Å². The fourth-order valence-corrected chi connectivity index (χ4v) is 2.88. The highest BCUT2D eigenvalue weighted by molar-refractivity contribution is 9.10. The van der Waals surface area contributed by atoms with Gasteiger partial charge in [-0.3, -0.25) is 4.79 Å². The number of ketones is 1. The topological polar surface area (TPSA) is 17.1 Å². The van der Waals surface area contributed by atoms with Gasteiger partial charge in [-0.15, -0.1) is 0 Å². The predicted octanol–water partition coefficient (Wildman–Crippen LogP) is 5.08. The standard InChI is InChI=1S/C14H9BrF2OS/c1-8(18)11-6-9(15)2-4-13(11)19-14-5-3-10(16)7-12(14)17/h2-7H,1H3. The molecule has 0 saturated heterocycles. The van der Waals surface area contributed by atoms with Crippen LogP contribution in [0.4, 0.5) is 8.78 Å². The molecule has 5 heteroatoms. The van der Waals surface area contributed by atoms with Gasteiger partial charge in [-0.05, 0) is 37.3 Å². The molecular formula is C14H9BrF2OS. The van der Waals surface area contributed by atoms with Crippen molar-refractivity contribution in [1.82, 2.24) is 0 Å². The molecule has 0 radical (unpaired) electrons. The lowest BCUT2D eigenvalue weighted by molar-refractivity contribution is 0.101. The Labute approximate surface area is 122 Å². The normalized spacial score (nSPS) is 10.5. The van der Waals surface area contributed by atoms with E-state index in [1.165, 1.54) is 19.1 Å². The van der Waals surface area contributed by atoms with Crippen molar-refractivity contribution >= 4 is 33.5 Å². The summed E-state index contributed by atoms with van der Waals surface area (Å²) >= 11 is 4.39. The highest BCUT2D eigenvalue weighted by Crippen LogP contribution is 2.34. The highest BCUT2D eigenvalue weighted by Gasteiger charge is 2.12. The van der Waals surface area contributed by atoms with E-state index in [1.807, 2.05) is 0 Å². The Morgan fingerprint density at radius 3 is 2.42 bits per heavy atom. The largest absolute Gasteiger partial charge is 0.294 e. The van der Waals surface area contributed by atoms with E-state index >= 15 is 0 Å². The molecular weight excluding hydrogens is 334 g/mol. The second kappa shape index (κ2) is 5.84. The van der Waals surface area contributed by atoms with E-state index in [1.54, 1.807) is 18.2 Å². The first-order chi connectivity index (χ1) is 8.97. The van der Waals surface area contributed by atoms with Crippen LogP contribution >= 0.6 is 27.7 Å². The molecule has 19 heavy (non-hydrogen) atoms. The van der Waals surface area contributed by atoms with Crippen LogP contribution in [0.25, 0.3) is 0 Å². The highest BCUT2D eigenvalue weighted by atomic mass is 79.9. The number of hydrogen-bond acceptors (Lipinski definition) is 2. The number of carbonyl (C=O) groups excluding carboxylic acids is 1. The number of carbonyl (C=O) groups is 1. The molecule has 2 aromatic rings. The minimum Gasteiger partial charge on any atom is -0.294 e. The zero-order chi connectivity index (χ0) is 14.0. The molecule has 0 aliphatic carbocycles. The fourth-order valence-electron chi connectivity index (χ4n) is 1.54. The van der Waals surface area contributed by atoms with Crippen molar-refractivity contribution in [3.63, 3.8) is 0 Å². The molecule has 0 bridgehead atoms. The molecule has 0 amide bonds. The second-order valence-corrected chi connectivity index (χ2v) is 5.87. The van der Waals surface area contributed by atoms with Crippen LogP contribution in [0.5, 0.6) is 0 Å². The van der Waals surface area contributed by atoms with Crippen LogP contribution in [-0.4, -0.2) is 5.78 Å².